The number of allylic oxidation sites excluding steroid dienone is 1. The summed E-state index contributed by atoms with van der Waals surface area (Å²) in [7, 11) is 0. The van der Waals surface area contributed by atoms with Gasteiger partial charge in [0.25, 0.3) is 0 Å². The van der Waals surface area contributed by atoms with Gasteiger partial charge in [-0.3, -0.25) is 0 Å². The minimum Gasteiger partial charge on any atom is -0.501 e. The van der Waals surface area contributed by atoms with Crippen molar-refractivity contribution in [3.05, 3.63) is 12.3 Å². The first kappa shape index (κ1) is 4.10. The number of aliphatic hydroxyl groups excluding tert-OH is 1. The first-order valence-corrected chi connectivity index (χ1v) is 1.12. The second-order valence-corrected chi connectivity index (χ2v) is 0.591. The normalized spacial score (nSPS) is 5.40. The van der Waals surface area contributed by atoms with Gasteiger partial charge in [0.15, 0.2) is 5.76 Å². The summed E-state index contributed by atoms with van der Waals surface area (Å²) in [5, 5.41) is 7.93. The molecule has 0 atom stereocenters. The zero-order valence-electron chi connectivity index (χ0n) is 2.73. The topological polar surface area (TPSA) is 20.2 Å². The number of aliphatic hydroxyl groups is 1. The molecular formula is C4H4O. The van der Waals surface area contributed by atoms with E-state index in [1.54, 1.807) is 0 Å². The van der Waals surface area contributed by atoms with E-state index in [0.29, 0.717) is 0 Å². The minimum atomic E-state index is -0.218. The minimum absolute atomic E-state index is 0.218. The first-order valence-electron chi connectivity index (χ1n) is 1.12. The van der Waals surface area contributed by atoms with Crippen molar-refractivity contribution in [2.24, 2.45) is 0 Å². The molecular weight excluding hydrogens is 64.0 g/mol. The second kappa shape index (κ2) is 1.42. The number of terminal acetylenes is 1. The molecule has 0 fully saturated rings. The summed E-state index contributed by atoms with van der Waals surface area (Å²) in [4.78, 5) is 0. The Balaban J connectivity index is 3.35. The fourth-order valence-corrected chi connectivity index (χ4v) is 0. The van der Waals surface area contributed by atoms with Crippen molar-refractivity contribution in [3.63, 3.8) is 0 Å². The highest BCUT2D eigenvalue weighted by molar-refractivity contribution is 5.11. The summed E-state index contributed by atoms with van der Waals surface area (Å²) in [6, 6.07) is 0. The molecule has 0 aromatic rings. The third-order valence-electron chi connectivity index (χ3n) is 0.167. The van der Waals surface area contributed by atoms with Crippen LogP contribution in [-0.4, -0.2) is 5.11 Å². The third kappa shape index (κ3) is 3.10. The van der Waals surface area contributed by atoms with Crippen molar-refractivity contribution < 1.29 is 5.11 Å². The molecule has 0 aromatic heterocycles. The van der Waals surface area contributed by atoms with Gasteiger partial charge in [0.05, 0.1) is 0 Å². The summed E-state index contributed by atoms with van der Waals surface area (Å²) in [6.45, 7) is 2.99. The van der Waals surface area contributed by atoms with Crippen LogP contribution in [0.2, 0.25) is 0 Å². The summed E-state index contributed by atoms with van der Waals surface area (Å²) in [6.07, 6.45) is 4.57. The zero-order valence-corrected chi connectivity index (χ0v) is 2.73. The highest BCUT2D eigenvalue weighted by Crippen LogP contribution is 1.67. The van der Waals surface area contributed by atoms with Crippen LogP contribution < -0.4 is 0 Å². The van der Waals surface area contributed by atoms with Crippen LogP contribution in [0.3, 0.4) is 0 Å². The molecule has 0 rings (SSSR count). The largest absolute Gasteiger partial charge is 0.501 e. The van der Waals surface area contributed by atoms with Crippen LogP contribution in [0.1, 0.15) is 0 Å². The van der Waals surface area contributed by atoms with Crippen molar-refractivity contribution in [3.8, 4) is 12.3 Å². The number of hydrogen-bond donors (Lipinski definition) is 1. The molecule has 0 heterocycles. The molecule has 0 aliphatic rings. The van der Waals surface area contributed by atoms with Crippen LogP contribution in [0.25, 0.3) is 0 Å². The molecule has 1 nitrogen and oxygen atoms in total. The molecule has 1 N–H and O–H groups in total. The maximum absolute atomic E-state index is 7.93. The zero-order chi connectivity index (χ0) is 4.28. The number of rotatable bonds is 0. The SMILES string of the molecule is C#CC(=C)O. The fraction of sp³-hybridized carbons (Fsp3) is 0. The first-order chi connectivity index (χ1) is 2.27. The average Bonchev–Trinajstić information content (AvgIpc) is 1.38. The van der Waals surface area contributed by atoms with E-state index in [4.69, 9.17) is 5.11 Å². The van der Waals surface area contributed by atoms with Crippen molar-refractivity contribution in [2.45, 2.75) is 0 Å². The summed E-state index contributed by atoms with van der Waals surface area (Å²) >= 11 is 0. The number of hydrogen-bond acceptors (Lipinski definition) is 1. The van der Waals surface area contributed by atoms with E-state index in [-0.39, 0.29) is 5.76 Å². The molecule has 1 heteroatoms. The predicted molar refractivity (Wildman–Crippen MR) is 20.6 cm³/mol. The Bertz CT molecular complexity index is 76.1. The monoisotopic (exact) mass is 68.0 g/mol. The second-order valence-electron chi connectivity index (χ2n) is 0.591. The predicted octanol–water partition coefficient (Wildman–Crippen LogP) is 0.691. The van der Waals surface area contributed by atoms with Crippen LogP contribution in [0.4, 0.5) is 0 Å². The van der Waals surface area contributed by atoms with Crippen LogP contribution in [0.5, 0.6) is 0 Å². The van der Waals surface area contributed by atoms with Crippen LogP contribution in [0.15, 0.2) is 12.3 Å². The van der Waals surface area contributed by atoms with E-state index in [2.05, 4.69) is 13.0 Å². The van der Waals surface area contributed by atoms with Gasteiger partial charge in [0.1, 0.15) is 0 Å². The molecule has 0 saturated carbocycles. The van der Waals surface area contributed by atoms with Gasteiger partial charge in [-0.05, 0) is 12.5 Å². The third-order valence-corrected chi connectivity index (χ3v) is 0.167. The van der Waals surface area contributed by atoms with E-state index in [1.165, 1.54) is 0 Å². The van der Waals surface area contributed by atoms with E-state index < -0.39 is 0 Å². The van der Waals surface area contributed by atoms with E-state index >= 15 is 0 Å². The lowest BCUT2D eigenvalue weighted by atomic mass is 10.6. The van der Waals surface area contributed by atoms with Crippen LogP contribution in [0, 0.1) is 12.3 Å². The Hall–Kier alpha value is -0.900. The van der Waals surface area contributed by atoms with Gasteiger partial charge in [0.2, 0.25) is 0 Å². The van der Waals surface area contributed by atoms with Crippen LogP contribution >= 0.6 is 0 Å². The molecule has 0 amide bonds. The quantitative estimate of drug-likeness (QED) is 0.327. The summed E-state index contributed by atoms with van der Waals surface area (Å²) in [5.41, 5.74) is 0. The summed E-state index contributed by atoms with van der Waals surface area (Å²) < 4.78 is 0. The van der Waals surface area contributed by atoms with Gasteiger partial charge < -0.3 is 5.11 Å². The van der Waals surface area contributed by atoms with Crippen molar-refractivity contribution in [2.75, 3.05) is 0 Å². The average molecular weight is 68.1 g/mol. The lowest BCUT2D eigenvalue weighted by Crippen LogP contribution is -1.60. The lowest BCUT2D eigenvalue weighted by Gasteiger charge is -1.68. The molecule has 0 spiro atoms. The Labute approximate surface area is 30.9 Å². The van der Waals surface area contributed by atoms with Gasteiger partial charge in [0, 0.05) is 0 Å². The molecule has 0 aliphatic carbocycles. The molecule has 0 saturated heterocycles. The summed E-state index contributed by atoms with van der Waals surface area (Å²) in [5.74, 6) is 1.67. The van der Waals surface area contributed by atoms with Gasteiger partial charge >= 0.3 is 0 Å². The standard InChI is InChI=1S/C4H4O/c1-3-4(2)5/h1,5H,2H2. The maximum atomic E-state index is 7.93. The Morgan fingerprint density at radius 3 is 2.20 bits per heavy atom. The van der Waals surface area contributed by atoms with E-state index in [9.17, 15) is 0 Å². The maximum Gasteiger partial charge on any atom is 0.159 e. The molecule has 0 radical (unpaired) electrons. The molecule has 0 aliphatic heterocycles. The Morgan fingerprint density at radius 2 is 2.20 bits per heavy atom. The fourth-order valence-electron chi connectivity index (χ4n) is 0. The van der Waals surface area contributed by atoms with Crippen molar-refractivity contribution in [1.29, 1.82) is 0 Å². The highest BCUT2D eigenvalue weighted by Gasteiger charge is 1.62. The van der Waals surface area contributed by atoms with Crippen molar-refractivity contribution >= 4 is 0 Å². The van der Waals surface area contributed by atoms with E-state index in [0.717, 1.165) is 0 Å². The highest BCUT2D eigenvalue weighted by atomic mass is 16.3. The molecule has 26 valence electrons. The molecule has 5 heavy (non-hydrogen) atoms. The van der Waals surface area contributed by atoms with Crippen molar-refractivity contribution in [1.82, 2.24) is 0 Å². The Morgan fingerprint density at radius 1 is 2.00 bits per heavy atom. The smallest absolute Gasteiger partial charge is 0.159 e. The molecule has 0 aromatic carbocycles. The van der Waals surface area contributed by atoms with Crippen LogP contribution in [-0.2, 0) is 0 Å². The van der Waals surface area contributed by atoms with Gasteiger partial charge in [-0.1, -0.05) is 0 Å². The Kier molecular flexibility index (Phi) is 1.17. The lowest BCUT2D eigenvalue weighted by molar-refractivity contribution is 0.441. The van der Waals surface area contributed by atoms with E-state index in [1.807, 2.05) is 5.92 Å². The molecule has 0 unspecified atom stereocenters. The van der Waals surface area contributed by atoms with Gasteiger partial charge in [-0.15, -0.1) is 6.42 Å². The van der Waals surface area contributed by atoms with Gasteiger partial charge in [-0.2, -0.15) is 0 Å². The molecule has 0 bridgehead atoms. The van der Waals surface area contributed by atoms with Gasteiger partial charge in [-0.25, -0.2) is 0 Å².